The minimum absolute atomic E-state index is 0.0613. The van der Waals surface area contributed by atoms with Crippen molar-refractivity contribution >= 4 is 11.8 Å². The van der Waals surface area contributed by atoms with Gasteiger partial charge >= 0.3 is 0 Å². The Morgan fingerprint density at radius 2 is 2.00 bits per heavy atom. The summed E-state index contributed by atoms with van der Waals surface area (Å²) < 4.78 is 11.9. The van der Waals surface area contributed by atoms with E-state index in [0.717, 1.165) is 44.5 Å². The van der Waals surface area contributed by atoms with Gasteiger partial charge in [-0.1, -0.05) is 0 Å². The lowest BCUT2D eigenvalue weighted by atomic mass is 9.69. The van der Waals surface area contributed by atoms with Gasteiger partial charge in [-0.05, 0) is 51.2 Å². The van der Waals surface area contributed by atoms with Crippen molar-refractivity contribution in [3.8, 4) is 0 Å². The van der Waals surface area contributed by atoms with Crippen molar-refractivity contribution in [3.63, 3.8) is 0 Å². The Hall–Kier alpha value is 0.230. The number of ether oxygens (including phenoxy) is 2. The summed E-state index contributed by atoms with van der Waals surface area (Å²) in [5.41, 5.74) is -0.680. The van der Waals surface area contributed by atoms with Crippen LogP contribution in [0.5, 0.6) is 0 Å². The van der Waals surface area contributed by atoms with Crippen LogP contribution >= 0.6 is 11.8 Å². The molecular weight excluding hydrogens is 260 g/mol. The Kier molecular flexibility index (Phi) is 3.66. The van der Waals surface area contributed by atoms with Gasteiger partial charge in [0.1, 0.15) is 0 Å². The molecule has 1 spiro atoms. The van der Waals surface area contributed by atoms with Gasteiger partial charge in [0.15, 0.2) is 0 Å². The third-order valence-corrected chi connectivity index (χ3v) is 6.30. The molecule has 3 fully saturated rings. The van der Waals surface area contributed by atoms with Crippen LogP contribution < -0.4 is 0 Å². The van der Waals surface area contributed by atoms with Gasteiger partial charge in [0.25, 0.3) is 0 Å². The molecule has 0 bridgehead atoms. The molecule has 3 aliphatic rings. The van der Waals surface area contributed by atoms with Crippen molar-refractivity contribution in [2.75, 3.05) is 24.7 Å². The third kappa shape index (κ3) is 2.82. The quantitative estimate of drug-likeness (QED) is 0.804. The van der Waals surface area contributed by atoms with Crippen LogP contribution in [-0.2, 0) is 9.47 Å². The second-order valence-electron chi connectivity index (χ2n) is 7.16. The highest BCUT2D eigenvalue weighted by molar-refractivity contribution is 7.99. The second-order valence-corrected chi connectivity index (χ2v) is 8.27. The van der Waals surface area contributed by atoms with Gasteiger partial charge < -0.3 is 14.6 Å². The van der Waals surface area contributed by atoms with Gasteiger partial charge in [-0.15, -0.1) is 0 Å². The van der Waals surface area contributed by atoms with Gasteiger partial charge in [0.05, 0.1) is 23.4 Å². The lowest BCUT2D eigenvalue weighted by molar-refractivity contribution is -0.194. The molecule has 3 heterocycles. The summed E-state index contributed by atoms with van der Waals surface area (Å²) in [7, 11) is 0. The van der Waals surface area contributed by atoms with Gasteiger partial charge in [-0.2, -0.15) is 11.8 Å². The highest BCUT2D eigenvalue weighted by Gasteiger charge is 2.50. The Bertz CT molecular complexity index is 338. The first-order valence-electron chi connectivity index (χ1n) is 7.51. The zero-order chi connectivity index (χ0) is 13.6. The van der Waals surface area contributed by atoms with Gasteiger partial charge in [-0.3, -0.25) is 0 Å². The smallest absolute Gasteiger partial charge is 0.0784 e. The highest BCUT2D eigenvalue weighted by Crippen LogP contribution is 2.47. The molecule has 3 rings (SSSR count). The van der Waals surface area contributed by atoms with Gasteiger partial charge in [0, 0.05) is 18.8 Å². The molecule has 3 unspecified atom stereocenters. The van der Waals surface area contributed by atoms with E-state index in [-0.39, 0.29) is 11.2 Å². The molecule has 19 heavy (non-hydrogen) atoms. The van der Waals surface area contributed by atoms with Crippen LogP contribution in [0.2, 0.25) is 0 Å². The Labute approximate surface area is 120 Å². The maximum absolute atomic E-state index is 11.1. The fourth-order valence-electron chi connectivity index (χ4n) is 4.08. The standard InChI is InChI=1S/C15H26O3S/c1-13(2)10-15(16,4-7-17-13)12-3-6-18-14(9-12)5-8-19-11-14/h12,16H,3-11H2,1-2H3. The van der Waals surface area contributed by atoms with Crippen molar-refractivity contribution in [1.82, 2.24) is 0 Å². The van der Waals surface area contributed by atoms with E-state index in [0.29, 0.717) is 12.5 Å². The molecule has 0 aliphatic carbocycles. The van der Waals surface area contributed by atoms with E-state index in [9.17, 15) is 5.11 Å². The molecule has 0 aromatic rings. The predicted octanol–water partition coefficient (Wildman–Crippen LogP) is 2.61. The van der Waals surface area contributed by atoms with Gasteiger partial charge in [-0.25, -0.2) is 0 Å². The summed E-state index contributed by atoms with van der Waals surface area (Å²) in [5.74, 6) is 2.70. The Morgan fingerprint density at radius 1 is 1.16 bits per heavy atom. The van der Waals surface area contributed by atoms with E-state index < -0.39 is 5.60 Å². The molecule has 4 heteroatoms. The lowest BCUT2D eigenvalue weighted by Gasteiger charge is -2.50. The number of aliphatic hydroxyl groups is 1. The SMILES string of the molecule is CC1(C)CC(O)(C2CCOC3(CCSC3)C2)CCO1. The van der Waals surface area contributed by atoms with Crippen molar-refractivity contribution in [1.29, 1.82) is 0 Å². The van der Waals surface area contributed by atoms with Crippen molar-refractivity contribution in [2.24, 2.45) is 5.92 Å². The molecule has 110 valence electrons. The summed E-state index contributed by atoms with van der Waals surface area (Å²) in [6, 6.07) is 0. The van der Waals surface area contributed by atoms with Crippen molar-refractivity contribution in [3.05, 3.63) is 0 Å². The molecule has 1 N–H and O–H groups in total. The topological polar surface area (TPSA) is 38.7 Å². The minimum Gasteiger partial charge on any atom is -0.389 e. The molecule has 0 aromatic heterocycles. The number of thioether (sulfide) groups is 1. The summed E-state index contributed by atoms with van der Waals surface area (Å²) in [6.07, 6.45) is 4.73. The average Bonchev–Trinajstić information content (AvgIpc) is 2.76. The van der Waals surface area contributed by atoms with Crippen LogP contribution in [0.4, 0.5) is 0 Å². The van der Waals surface area contributed by atoms with Crippen LogP contribution in [0.3, 0.4) is 0 Å². The second kappa shape index (κ2) is 4.90. The van der Waals surface area contributed by atoms with Crippen LogP contribution in [0.25, 0.3) is 0 Å². The van der Waals surface area contributed by atoms with E-state index >= 15 is 0 Å². The first-order valence-corrected chi connectivity index (χ1v) is 8.67. The number of rotatable bonds is 1. The van der Waals surface area contributed by atoms with Gasteiger partial charge in [0.2, 0.25) is 0 Å². The number of hydrogen-bond acceptors (Lipinski definition) is 4. The maximum Gasteiger partial charge on any atom is 0.0784 e. The molecule has 3 atom stereocenters. The van der Waals surface area contributed by atoms with Crippen molar-refractivity contribution < 1.29 is 14.6 Å². The normalized spacial score (nSPS) is 46.6. The monoisotopic (exact) mass is 286 g/mol. The molecule has 3 saturated heterocycles. The molecular formula is C15H26O3S. The summed E-state index contributed by atoms with van der Waals surface area (Å²) in [4.78, 5) is 0. The predicted molar refractivity (Wildman–Crippen MR) is 77.6 cm³/mol. The molecule has 0 radical (unpaired) electrons. The maximum atomic E-state index is 11.1. The van der Waals surface area contributed by atoms with Crippen LogP contribution in [0, 0.1) is 5.92 Å². The molecule has 0 amide bonds. The van der Waals surface area contributed by atoms with E-state index in [1.54, 1.807) is 0 Å². The molecule has 3 nitrogen and oxygen atoms in total. The average molecular weight is 286 g/mol. The zero-order valence-electron chi connectivity index (χ0n) is 12.1. The fourth-order valence-corrected chi connectivity index (χ4v) is 5.46. The summed E-state index contributed by atoms with van der Waals surface area (Å²) in [5, 5.41) is 11.1. The lowest BCUT2D eigenvalue weighted by Crippen LogP contribution is -2.54. The van der Waals surface area contributed by atoms with Crippen molar-refractivity contribution in [2.45, 2.75) is 62.8 Å². The molecule has 3 aliphatic heterocycles. The Balaban J connectivity index is 1.73. The van der Waals surface area contributed by atoms with Crippen LogP contribution in [0.1, 0.15) is 46.0 Å². The minimum atomic E-state index is -0.550. The first kappa shape index (κ1) is 14.2. The largest absolute Gasteiger partial charge is 0.389 e. The highest BCUT2D eigenvalue weighted by atomic mass is 32.2. The van der Waals surface area contributed by atoms with E-state index in [1.807, 2.05) is 11.8 Å². The molecule has 0 aromatic carbocycles. The van der Waals surface area contributed by atoms with E-state index in [4.69, 9.17) is 9.47 Å². The fraction of sp³-hybridized carbons (Fsp3) is 1.00. The zero-order valence-corrected chi connectivity index (χ0v) is 12.9. The van der Waals surface area contributed by atoms with Crippen LogP contribution in [0.15, 0.2) is 0 Å². The van der Waals surface area contributed by atoms with Crippen LogP contribution in [-0.4, -0.2) is 46.6 Å². The first-order chi connectivity index (χ1) is 8.93. The van der Waals surface area contributed by atoms with E-state index in [1.165, 1.54) is 5.75 Å². The van der Waals surface area contributed by atoms with E-state index in [2.05, 4.69) is 13.8 Å². The third-order valence-electron chi connectivity index (χ3n) is 5.08. The summed E-state index contributed by atoms with van der Waals surface area (Å²) >= 11 is 2.00. The summed E-state index contributed by atoms with van der Waals surface area (Å²) in [6.45, 7) is 5.69. The molecule has 0 saturated carbocycles. The Morgan fingerprint density at radius 3 is 2.68 bits per heavy atom. The number of hydrogen-bond donors (Lipinski definition) is 1.